The lowest BCUT2D eigenvalue weighted by atomic mass is 9.87. The van der Waals surface area contributed by atoms with E-state index in [0.717, 1.165) is 42.0 Å². The van der Waals surface area contributed by atoms with Gasteiger partial charge in [-0.2, -0.15) is 13.2 Å². The second kappa shape index (κ2) is 7.09. The number of nitrogens with one attached hydrogen (secondary N) is 1. The number of aromatic nitrogens is 1. The molecule has 0 saturated heterocycles. The largest absolute Gasteiger partial charge is 0.443 e. The fraction of sp³-hybridized carbons (Fsp3) is 0.800. The molecule has 2 unspecified atom stereocenters. The molecule has 1 aromatic heterocycles. The van der Waals surface area contributed by atoms with Crippen molar-refractivity contribution in [2.24, 2.45) is 5.92 Å². The maximum Gasteiger partial charge on any atom is 0.443 e. The first kappa shape index (κ1) is 16.7. The molecule has 0 aliphatic heterocycles. The van der Waals surface area contributed by atoms with Gasteiger partial charge < -0.3 is 5.32 Å². The van der Waals surface area contributed by atoms with Crippen LogP contribution in [0, 0.1) is 5.92 Å². The van der Waals surface area contributed by atoms with E-state index in [1.807, 2.05) is 0 Å². The van der Waals surface area contributed by atoms with E-state index in [4.69, 9.17) is 0 Å². The first-order valence-corrected chi connectivity index (χ1v) is 8.46. The first-order chi connectivity index (χ1) is 9.88. The van der Waals surface area contributed by atoms with Crippen LogP contribution in [0.25, 0.3) is 0 Å². The molecule has 6 heteroatoms. The van der Waals surface area contributed by atoms with Gasteiger partial charge in [-0.25, -0.2) is 4.98 Å². The molecule has 0 amide bonds. The Morgan fingerprint density at radius 3 is 2.62 bits per heavy atom. The van der Waals surface area contributed by atoms with Gasteiger partial charge in [0.25, 0.3) is 0 Å². The maximum atomic E-state index is 12.7. The van der Waals surface area contributed by atoms with Crippen LogP contribution < -0.4 is 5.32 Å². The summed E-state index contributed by atoms with van der Waals surface area (Å²) >= 11 is 0.830. The molecule has 1 saturated carbocycles. The normalized spacial score (nSPS) is 24.3. The highest BCUT2D eigenvalue weighted by atomic mass is 32.1. The van der Waals surface area contributed by atoms with E-state index < -0.39 is 11.2 Å². The van der Waals surface area contributed by atoms with Crippen LogP contribution in [-0.4, -0.2) is 17.6 Å². The Morgan fingerprint density at radius 2 is 2.00 bits per heavy atom. The highest BCUT2D eigenvalue weighted by Crippen LogP contribution is 2.41. The molecular formula is C15H23F3N2S. The Bertz CT molecular complexity index is 442. The third-order valence-electron chi connectivity index (χ3n) is 4.08. The summed E-state index contributed by atoms with van der Waals surface area (Å²) in [6.07, 6.45) is 2.65. The van der Waals surface area contributed by atoms with Gasteiger partial charge in [0, 0.05) is 17.1 Å². The van der Waals surface area contributed by atoms with Gasteiger partial charge in [0.05, 0.1) is 0 Å². The number of nitrogens with zero attached hydrogens (tertiary/aromatic N) is 1. The summed E-state index contributed by atoms with van der Waals surface area (Å²) in [5, 5.41) is 2.73. The molecular weight excluding hydrogens is 297 g/mol. The van der Waals surface area contributed by atoms with Crippen LogP contribution in [0.3, 0.4) is 0 Å². The van der Waals surface area contributed by atoms with E-state index in [2.05, 4.69) is 24.1 Å². The molecule has 0 spiro atoms. The van der Waals surface area contributed by atoms with E-state index >= 15 is 0 Å². The Hall–Kier alpha value is -0.620. The van der Waals surface area contributed by atoms with Gasteiger partial charge in [-0.05, 0) is 31.2 Å². The minimum absolute atomic E-state index is 0.215. The van der Waals surface area contributed by atoms with Gasteiger partial charge in [0.15, 0.2) is 5.01 Å². The minimum Gasteiger partial charge on any atom is -0.314 e. The van der Waals surface area contributed by atoms with Gasteiger partial charge in [-0.1, -0.05) is 33.1 Å². The lowest BCUT2D eigenvalue weighted by Crippen LogP contribution is -2.31. The molecule has 2 atom stereocenters. The molecule has 0 radical (unpaired) electrons. The van der Waals surface area contributed by atoms with Crippen molar-refractivity contribution >= 4 is 11.3 Å². The molecule has 21 heavy (non-hydrogen) atoms. The standard InChI is InChI=1S/C15H23F3N2S/c1-10(2)19-8-11-6-4-3-5-7-12(11)13-9-20-14(21-13)15(16,17)18/h9-12,19H,3-8H2,1-2H3. The van der Waals surface area contributed by atoms with Crippen molar-refractivity contribution in [2.45, 2.75) is 64.1 Å². The van der Waals surface area contributed by atoms with E-state index in [0.29, 0.717) is 12.0 Å². The topological polar surface area (TPSA) is 24.9 Å². The van der Waals surface area contributed by atoms with E-state index in [1.165, 1.54) is 19.0 Å². The third kappa shape index (κ3) is 4.68. The van der Waals surface area contributed by atoms with Crippen molar-refractivity contribution in [1.82, 2.24) is 10.3 Å². The zero-order chi connectivity index (χ0) is 15.5. The predicted molar refractivity (Wildman–Crippen MR) is 79.6 cm³/mol. The Morgan fingerprint density at radius 1 is 1.29 bits per heavy atom. The summed E-state index contributed by atoms with van der Waals surface area (Å²) in [4.78, 5) is 4.40. The molecule has 1 fully saturated rings. The SMILES string of the molecule is CC(C)NCC1CCCCCC1c1cnc(C(F)(F)F)s1. The van der Waals surface area contributed by atoms with Gasteiger partial charge in [0.2, 0.25) is 0 Å². The summed E-state index contributed by atoms with van der Waals surface area (Å²) in [6, 6.07) is 0.404. The monoisotopic (exact) mass is 320 g/mol. The van der Waals surface area contributed by atoms with Crippen LogP contribution in [0.4, 0.5) is 13.2 Å². The van der Waals surface area contributed by atoms with Crippen molar-refractivity contribution in [3.8, 4) is 0 Å². The van der Waals surface area contributed by atoms with Crippen molar-refractivity contribution in [2.75, 3.05) is 6.54 Å². The number of thiazole rings is 1. The van der Waals surface area contributed by atoms with Crippen LogP contribution >= 0.6 is 11.3 Å². The maximum absolute atomic E-state index is 12.7. The van der Waals surface area contributed by atoms with Crippen LogP contribution in [-0.2, 0) is 6.18 Å². The lowest BCUT2D eigenvalue weighted by molar-refractivity contribution is -0.137. The Kier molecular flexibility index (Phi) is 5.66. The van der Waals surface area contributed by atoms with Gasteiger partial charge in [-0.3, -0.25) is 0 Å². The molecule has 1 aromatic rings. The summed E-state index contributed by atoms with van der Waals surface area (Å²) < 4.78 is 38.2. The van der Waals surface area contributed by atoms with E-state index in [1.54, 1.807) is 0 Å². The highest BCUT2D eigenvalue weighted by Gasteiger charge is 2.36. The summed E-state index contributed by atoms with van der Waals surface area (Å²) in [6.45, 7) is 5.07. The number of halogens is 3. The lowest BCUT2D eigenvalue weighted by Gasteiger charge is -2.25. The van der Waals surface area contributed by atoms with E-state index in [9.17, 15) is 13.2 Å². The van der Waals surface area contributed by atoms with Crippen LogP contribution in [0.1, 0.15) is 61.8 Å². The summed E-state index contributed by atoms with van der Waals surface area (Å²) in [7, 11) is 0. The second-order valence-corrected chi connectivity index (χ2v) is 7.20. The molecule has 0 bridgehead atoms. The smallest absolute Gasteiger partial charge is 0.314 e. The molecule has 0 aromatic carbocycles. The Balaban J connectivity index is 2.14. The minimum atomic E-state index is -4.32. The van der Waals surface area contributed by atoms with Crippen molar-refractivity contribution in [1.29, 1.82) is 0 Å². The Labute approximate surface area is 128 Å². The molecule has 120 valence electrons. The van der Waals surface area contributed by atoms with Gasteiger partial charge >= 0.3 is 6.18 Å². The molecule has 1 aliphatic rings. The average Bonchev–Trinajstić information content (AvgIpc) is 2.77. The number of hydrogen-bond donors (Lipinski definition) is 1. The highest BCUT2D eigenvalue weighted by molar-refractivity contribution is 7.11. The number of rotatable bonds is 4. The van der Waals surface area contributed by atoms with Crippen LogP contribution in [0.2, 0.25) is 0 Å². The predicted octanol–water partition coefficient (Wildman–Crippen LogP) is 4.82. The van der Waals surface area contributed by atoms with Crippen molar-refractivity contribution in [3.05, 3.63) is 16.1 Å². The number of alkyl halides is 3. The number of hydrogen-bond acceptors (Lipinski definition) is 3. The zero-order valence-corrected chi connectivity index (χ0v) is 13.4. The molecule has 2 nitrogen and oxygen atoms in total. The van der Waals surface area contributed by atoms with Crippen LogP contribution in [0.5, 0.6) is 0 Å². The molecule has 1 aliphatic carbocycles. The molecule has 1 N–H and O–H groups in total. The van der Waals surface area contributed by atoms with E-state index in [-0.39, 0.29) is 5.92 Å². The van der Waals surface area contributed by atoms with Crippen molar-refractivity contribution in [3.63, 3.8) is 0 Å². The average molecular weight is 320 g/mol. The quantitative estimate of drug-likeness (QED) is 0.804. The fourth-order valence-electron chi connectivity index (χ4n) is 2.98. The second-order valence-electron chi connectivity index (χ2n) is 6.13. The summed E-state index contributed by atoms with van der Waals surface area (Å²) in [5.74, 6) is 0.629. The fourth-order valence-corrected chi connectivity index (χ4v) is 3.99. The van der Waals surface area contributed by atoms with Gasteiger partial charge in [0.1, 0.15) is 0 Å². The van der Waals surface area contributed by atoms with Crippen molar-refractivity contribution < 1.29 is 13.2 Å². The first-order valence-electron chi connectivity index (χ1n) is 7.64. The molecule has 1 heterocycles. The molecule has 2 rings (SSSR count). The van der Waals surface area contributed by atoms with Gasteiger partial charge in [-0.15, -0.1) is 11.3 Å². The summed E-state index contributed by atoms with van der Waals surface area (Å²) in [5.41, 5.74) is 0. The third-order valence-corrected chi connectivity index (χ3v) is 5.25. The zero-order valence-electron chi connectivity index (χ0n) is 12.5. The van der Waals surface area contributed by atoms with Crippen LogP contribution in [0.15, 0.2) is 6.20 Å².